The van der Waals surface area contributed by atoms with Crippen molar-refractivity contribution in [3.05, 3.63) is 42.1 Å². The van der Waals surface area contributed by atoms with Crippen molar-refractivity contribution in [2.75, 3.05) is 33.2 Å². The van der Waals surface area contributed by atoms with Crippen molar-refractivity contribution in [2.24, 2.45) is 4.99 Å². The molecule has 1 unspecified atom stereocenters. The lowest BCUT2D eigenvalue weighted by Gasteiger charge is -2.26. The second-order valence-electron chi connectivity index (χ2n) is 6.79. The molecule has 3 rings (SSSR count). The molecule has 1 atom stereocenters. The minimum atomic E-state index is 0. The Morgan fingerprint density at radius 2 is 2.15 bits per heavy atom. The van der Waals surface area contributed by atoms with Gasteiger partial charge in [-0.2, -0.15) is 5.10 Å². The van der Waals surface area contributed by atoms with Crippen molar-refractivity contribution in [1.82, 2.24) is 25.3 Å². The number of aliphatic imine (C=N–C) groups is 1. The largest absolute Gasteiger partial charge is 0.468 e. The number of aromatic nitrogens is 2. The molecular weight excluding hydrogens is 455 g/mol. The van der Waals surface area contributed by atoms with E-state index in [1.54, 1.807) is 6.26 Å². The predicted molar refractivity (Wildman–Crippen MR) is 119 cm³/mol. The van der Waals surface area contributed by atoms with Gasteiger partial charge in [0.2, 0.25) is 0 Å². The van der Waals surface area contributed by atoms with Gasteiger partial charge in [-0.3, -0.25) is 14.6 Å². The summed E-state index contributed by atoms with van der Waals surface area (Å²) in [6, 6.07) is 4.27. The van der Waals surface area contributed by atoms with E-state index in [1.807, 2.05) is 24.0 Å². The topological polar surface area (TPSA) is 70.6 Å². The van der Waals surface area contributed by atoms with Gasteiger partial charge in [0.05, 0.1) is 18.5 Å². The van der Waals surface area contributed by atoms with Gasteiger partial charge in [0.1, 0.15) is 5.76 Å². The number of aryl methyl sites for hydroxylation is 2. The predicted octanol–water partition coefficient (Wildman–Crippen LogP) is 2.79. The van der Waals surface area contributed by atoms with E-state index in [4.69, 9.17) is 4.42 Å². The minimum Gasteiger partial charge on any atom is -0.468 e. The van der Waals surface area contributed by atoms with Crippen molar-refractivity contribution in [3.63, 3.8) is 0 Å². The zero-order chi connectivity index (χ0) is 18.2. The van der Waals surface area contributed by atoms with Crippen LogP contribution in [0.3, 0.4) is 0 Å². The van der Waals surface area contributed by atoms with Crippen LogP contribution in [0.4, 0.5) is 0 Å². The van der Waals surface area contributed by atoms with Gasteiger partial charge < -0.3 is 15.1 Å². The first kappa shape index (κ1) is 21.7. The van der Waals surface area contributed by atoms with Crippen molar-refractivity contribution in [2.45, 2.75) is 38.8 Å². The number of hydrogen-bond donors (Lipinski definition) is 2. The molecule has 0 aliphatic carbocycles. The Hall–Kier alpha value is -1.55. The van der Waals surface area contributed by atoms with E-state index in [0.29, 0.717) is 0 Å². The molecule has 0 bridgehead atoms. The van der Waals surface area contributed by atoms with Crippen LogP contribution in [0.15, 0.2) is 40.2 Å². The fourth-order valence-electron chi connectivity index (χ4n) is 3.39. The lowest BCUT2D eigenvalue weighted by atomic mass is 10.2. The Bertz CT molecular complexity index is 678. The monoisotopic (exact) mass is 486 g/mol. The molecule has 2 N–H and O–H groups in total. The third kappa shape index (κ3) is 6.53. The molecule has 7 nitrogen and oxygen atoms in total. The number of halogens is 1. The fraction of sp³-hybridized carbons (Fsp3) is 0.579. The van der Waals surface area contributed by atoms with Gasteiger partial charge in [-0.15, -0.1) is 24.0 Å². The van der Waals surface area contributed by atoms with Crippen molar-refractivity contribution in [1.29, 1.82) is 0 Å². The van der Waals surface area contributed by atoms with Crippen molar-refractivity contribution < 1.29 is 4.42 Å². The van der Waals surface area contributed by atoms with Gasteiger partial charge in [0.25, 0.3) is 0 Å². The van der Waals surface area contributed by atoms with Crippen LogP contribution in [0.5, 0.6) is 0 Å². The molecule has 0 saturated carbocycles. The molecule has 1 aliphatic rings. The standard InChI is InChI=1S/C19H30N6O.HI/c1-16-13-23-25(15-16)11-6-8-21-19(20-2)22-14-17(18-7-5-12-26-18)24-9-3-4-10-24;/h5,7,12-13,15,17H,3-4,6,8-11,14H2,1-2H3,(H2,20,21,22);1H. The third-order valence-corrected chi connectivity index (χ3v) is 4.76. The fourth-order valence-corrected chi connectivity index (χ4v) is 3.39. The summed E-state index contributed by atoms with van der Waals surface area (Å²) < 4.78 is 7.65. The van der Waals surface area contributed by atoms with Gasteiger partial charge in [-0.25, -0.2) is 0 Å². The summed E-state index contributed by atoms with van der Waals surface area (Å²) in [5.74, 6) is 1.85. The summed E-state index contributed by atoms with van der Waals surface area (Å²) in [6.07, 6.45) is 9.23. The van der Waals surface area contributed by atoms with E-state index in [2.05, 4.69) is 44.8 Å². The first-order valence-electron chi connectivity index (χ1n) is 9.47. The highest BCUT2D eigenvalue weighted by atomic mass is 127. The van der Waals surface area contributed by atoms with Gasteiger partial charge >= 0.3 is 0 Å². The first-order valence-corrected chi connectivity index (χ1v) is 9.47. The second-order valence-corrected chi connectivity index (χ2v) is 6.79. The molecule has 0 radical (unpaired) electrons. The Morgan fingerprint density at radius 1 is 1.33 bits per heavy atom. The number of nitrogens with zero attached hydrogens (tertiary/aromatic N) is 4. The number of furan rings is 1. The molecule has 150 valence electrons. The molecule has 0 amide bonds. The van der Waals surface area contributed by atoms with Crippen LogP contribution in [0.2, 0.25) is 0 Å². The van der Waals surface area contributed by atoms with Gasteiger partial charge in [-0.05, 0) is 57.0 Å². The molecule has 0 spiro atoms. The second kappa shape index (κ2) is 11.3. The minimum absolute atomic E-state index is 0. The Labute approximate surface area is 178 Å². The molecule has 0 aromatic carbocycles. The quantitative estimate of drug-likeness (QED) is 0.260. The van der Waals surface area contributed by atoms with E-state index >= 15 is 0 Å². The summed E-state index contributed by atoms with van der Waals surface area (Å²) >= 11 is 0. The summed E-state index contributed by atoms with van der Waals surface area (Å²) in [7, 11) is 1.81. The number of nitrogens with one attached hydrogen (secondary N) is 2. The van der Waals surface area contributed by atoms with Gasteiger partial charge in [0.15, 0.2) is 5.96 Å². The highest BCUT2D eigenvalue weighted by molar-refractivity contribution is 14.0. The number of likely N-dealkylation sites (tertiary alicyclic amines) is 1. The maximum Gasteiger partial charge on any atom is 0.191 e. The SMILES string of the molecule is CN=C(NCCCn1cc(C)cn1)NCC(c1ccco1)N1CCCC1.I. The molecule has 1 aliphatic heterocycles. The Kier molecular flexibility index (Phi) is 9.12. The molecule has 1 saturated heterocycles. The highest BCUT2D eigenvalue weighted by Crippen LogP contribution is 2.24. The lowest BCUT2D eigenvalue weighted by molar-refractivity contribution is 0.215. The first-order chi connectivity index (χ1) is 12.8. The van der Waals surface area contributed by atoms with Crippen LogP contribution in [0.1, 0.15) is 36.6 Å². The summed E-state index contributed by atoms with van der Waals surface area (Å²) in [4.78, 5) is 6.82. The zero-order valence-electron chi connectivity index (χ0n) is 16.2. The molecule has 2 aromatic heterocycles. The van der Waals surface area contributed by atoms with Gasteiger partial charge in [0, 0.05) is 32.9 Å². The number of hydrogen-bond acceptors (Lipinski definition) is 4. The van der Waals surface area contributed by atoms with E-state index in [0.717, 1.165) is 50.9 Å². The van der Waals surface area contributed by atoms with Crippen LogP contribution in [-0.2, 0) is 6.54 Å². The van der Waals surface area contributed by atoms with Crippen molar-refractivity contribution >= 4 is 29.9 Å². The van der Waals surface area contributed by atoms with Gasteiger partial charge in [-0.1, -0.05) is 0 Å². The third-order valence-electron chi connectivity index (χ3n) is 4.76. The smallest absolute Gasteiger partial charge is 0.191 e. The number of rotatable bonds is 8. The lowest BCUT2D eigenvalue weighted by Crippen LogP contribution is -2.43. The van der Waals surface area contributed by atoms with Crippen LogP contribution in [0.25, 0.3) is 0 Å². The number of guanidine groups is 1. The molecule has 3 heterocycles. The summed E-state index contributed by atoms with van der Waals surface area (Å²) in [6.45, 7) is 6.86. The maximum atomic E-state index is 5.67. The normalized spacial score (nSPS) is 16.1. The van der Waals surface area contributed by atoms with Crippen LogP contribution in [-0.4, -0.2) is 53.9 Å². The molecular formula is C19H31IN6O. The molecule has 1 fully saturated rings. The summed E-state index contributed by atoms with van der Waals surface area (Å²) in [5.41, 5.74) is 1.20. The van der Waals surface area contributed by atoms with Crippen LogP contribution in [0, 0.1) is 6.92 Å². The summed E-state index contributed by atoms with van der Waals surface area (Å²) in [5, 5.41) is 11.2. The van der Waals surface area contributed by atoms with E-state index in [-0.39, 0.29) is 30.0 Å². The van der Waals surface area contributed by atoms with E-state index in [1.165, 1.54) is 18.4 Å². The van der Waals surface area contributed by atoms with Crippen LogP contribution >= 0.6 is 24.0 Å². The molecule has 2 aromatic rings. The van der Waals surface area contributed by atoms with Crippen molar-refractivity contribution in [3.8, 4) is 0 Å². The molecule has 8 heteroatoms. The maximum absolute atomic E-state index is 5.67. The van der Waals surface area contributed by atoms with E-state index < -0.39 is 0 Å². The van der Waals surface area contributed by atoms with Crippen LogP contribution < -0.4 is 10.6 Å². The zero-order valence-corrected chi connectivity index (χ0v) is 18.6. The highest BCUT2D eigenvalue weighted by Gasteiger charge is 2.25. The Morgan fingerprint density at radius 3 is 2.78 bits per heavy atom. The van der Waals surface area contributed by atoms with E-state index in [9.17, 15) is 0 Å². The average Bonchev–Trinajstić information content (AvgIpc) is 3.40. The average molecular weight is 486 g/mol. The Balaban J connectivity index is 0.00000261. The molecule has 27 heavy (non-hydrogen) atoms.